The SMILES string of the molecule is COc1ccc(CC=CCc2ccc(OC)cc2)cc1. The number of hydrogen-bond acceptors (Lipinski definition) is 2. The molecule has 0 unspecified atom stereocenters. The Bertz CT molecular complexity index is 487. The van der Waals surface area contributed by atoms with Crippen molar-refractivity contribution in [2.24, 2.45) is 0 Å². The van der Waals surface area contributed by atoms with Gasteiger partial charge in [-0.2, -0.15) is 0 Å². The van der Waals surface area contributed by atoms with Gasteiger partial charge < -0.3 is 9.47 Å². The van der Waals surface area contributed by atoms with E-state index in [1.54, 1.807) is 14.2 Å². The maximum Gasteiger partial charge on any atom is 0.118 e. The Balaban J connectivity index is 1.83. The first-order valence-corrected chi connectivity index (χ1v) is 6.72. The van der Waals surface area contributed by atoms with E-state index in [9.17, 15) is 0 Å². The van der Waals surface area contributed by atoms with Gasteiger partial charge in [-0.25, -0.2) is 0 Å². The fraction of sp³-hybridized carbons (Fsp3) is 0.222. The van der Waals surface area contributed by atoms with E-state index in [2.05, 4.69) is 36.4 Å². The molecule has 0 N–H and O–H groups in total. The molecule has 0 aliphatic carbocycles. The molecule has 0 saturated carbocycles. The van der Waals surface area contributed by atoms with Gasteiger partial charge in [-0.1, -0.05) is 36.4 Å². The van der Waals surface area contributed by atoms with Crippen LogP contribution in [0.4, 0.5) is 0 Å². The Kier molecular flexibility index (Phi) is 5.24. The van der Waals surface area contributed by atoms with Gasteiger partial charge in [0.05, 0.1) is 14.2 Å². The first-order valence-electron chi connectivity index (χ1n) is 6.72. The predicted octanol–water partition coefficient (Wildman–Crippen LogP) is 4.05. The number of rotatable bonds is 6. The van der Waals surface area contributed by atoms with E-state index in [1.165, 1.54) is 11.1 Å². The van der Waals surface area contributed by atoms with Crippen LogP contribution >= 0.6 is 0 Å². The third-order valence-electron chi connectivity index (χ3n) is 3.19. The molecule has 0 aliphatic rings. The minimum absolute atomic E-state index is 0.899. The topological polar surface area (TPSA) is 18.5 Å². The molecule has 2 heteroatoms. The highest BCUT2D eigenvalue weighted by Crippen LogP contribution is 2.13. The summed E-state index contributed by atoms with van der Waals surface area (Å²) in [7, 11) is 3.37. The van der Waals surface area contributed by atoms with Crippen LogP contribution in [0, 0.1) is 0 Å². The molecule has 2 aromatic carbocycles. The lowest BCUT2D eigenvalue weighted by molar-refractivity contribution is 0.414. The summed E-state index contributed by atoms with van der Waals surface area (Å²) in [6, 6.07) is 16.3. The summed E-state index contributed by atoms with van der Waals surface area (Å²) >= 11 is 0. The second-order valence-electron chi connectivity index (χ2n) is 4.58. The van der Waals surface area contributed by atoms with Gasteiger partial charge in [-0.3, -0.25) is 0 Å². The van der Waals surface area contributed by atoms with Crippen LogP contribution in [-0.4, -0.2) is 14.2 Å². The summed E-state index contributed by atoms with van der Waals surface area (Å²) in [5.41, 5.74) is 2.58. The van der Waals surface area contributed by atoms with Crippen LogP contribution in [0.1, 0.15) is 11.1 Å². The third-order valence-corrected chi connectivity index (χ3v) is 3.19. The fourth-order valence-electron chi connectivity index (χ4n) is 1.96. The van der Waals surface area contributed by atoms with E-state index in [0.717, 1.165) is 24.3 Å². The van der Waals surface area contributed by atoms with Gasteiger partial charge in [-0.05, 0) is 48.2 Å². The standard InChI is InChI=1S/C18H20O2/c1-19-17-11-7-15(8-12-17)5-3-4-6-16-9-13-18(20-2)14-10-16/h3-4,7-14H,5-6H2,1-2H3. The molecule has 2 nitrogen and oxygen atoms in total. The molecular formula is C18H20O2. The van der Waals surface area contributed by atoms with Crippen LogP contribution in [0.5, 0.6) is 11.5 Å². The average molecular weight is 268 g/mol. The van der Waals surface area contributed by atoms with Crippen LogP contribution in [0.15, 0.2) is 60.7 Å². The van der Waals surface area contributed by atoms with Crippen molar-refractivity contribution in [1.82, 2.24) is 0 Å². The second kappa shape index (κ2) is 7.39. The Morgan fingerprint density at radius 2 is 1.00 bits per heavy atom. The van der Waals surface area contributed by atoms with E-state index in [-0.39, 0.29) is 0 Å². The van der Waals surface area contributed by atoms with E-state index >= 15 is 0 Å². The second-order valence-corrected chi connectivity index (χ2v) is 4.58. The van der Waals surface area contributed by atoms with E-state index < -0.39 is 0 Å². The number of hydrogen-bond donors (Lipinski definition) is 0. The Morgan fingerprint density at radius 3 is 1.30 bits per heavy atom. The fourth-order valence-corrected chi connectivity index (χ4v) is 1.96. The van der Waals surface area contributed by atoms with Crippen molar-refractivity contribution in [1.29, 1.82) is 0 Å². The number of allylic oxidation sites excluding steroid dienone is 2. The minimum Gasteiger partial charge on any atom is -0.497 e. The largest absolute Gasteiger partial charge is 0.497 e. The quantitative estimate of drug-likeness (QED) is 0.736. The Morgan fingerprint density at radius 1 is 0.650 bits per heavy atom. The zero-order valence-corrected chi connectivity index (χ0v) is 12.0. The van der Waals surface area contributed by atoms with Gasteiger partial charge >= 0.3 is 0 Å². The molecule has 0 amide bonds. The number of methoxy groups -OCH3 is 2. The molecule has 2 rings (SSSR count). The van der Waals surface area contributed by atoms with Crippen molar-refractivity contribution in [3.63, 3.8) is 0 Å². The molecule has 20 heavy (non-hydrogen) atoms. The summed E-state index contributed by atoms with van der Waals surface area (Å²) in [6.07, 6.45) is 6.29. The van der Waals surface area contributed by atoms with Crippen LogP contribution in [-0.2, 0) is 12.8 Å². The molecule has 0 saturated heterocycles. The lowest BCUT2D eigenvalue weighted by Gasteiger charge is -2.01. The van der Waals surface area contributed by atoms with Gasteiger partial charge in [0, 0.05) is 0 Å². The highest BCUT2D eigenvalue weighted by molar-refractivity contribution is 5.30. The summed E-state index contributed by atoms with van der Waals surface area (Å²) in [5.74, 6) is 1.80. The van der Waals surface area contributed by atoms with E-state index in [4.69, 9.17) is 9.47 Å². The Labute approximate surface area is 120 Å². The monoisotopic (exact) mass is 268 g/mol. The summed E-state index contributed by atoms with van der Waals surface area (Å²) in [5, 5.41) is 0. The first kappa shape index (κ1) is 14.2. The molecule has 0 spiro atoms. The number of ether oxygens (including phenoxy) is 2. The highest BCUT2D eigenvalue weighted by atomic mass is 16.5. The lowest BCUT2D eigenvalue weighted by atomic mass is 10.1. The minimum atomic E-state index is 0.899. The maximum atomic E-state index is 5.14. The van der Waals surface area contributed by atoms with Crippen molar-refractivity contribution < 1.29 is 9.47 Å². The zero-order chi connectivity index (χ0) is 14.2. The first-order chi connectivity index (χ1) is 9.81. The van der Waals surface area contributed by atoms with Crippen molar-refractivity contribution in [2.75, 3.05) is 14.2 Å². The maximum absolute atomic E-state index is 5.14. The van der Waals surface area contributed by atoms with Crippen LogP contribution in [0.25, 0.3) is 0 Å². The predicted molar refractivity (Wildman–Crippen MR) is 82.5 cm³/mol. The van der Waals surface area contributed by atoms with Gasteiger partial charge in [0.1, 0.15) is 11.5 Å². The van der Waals surface area contributed by atoms with Crippen LogP contribution in [0.3, 0.4) is 0 Å². The molecule has 0 aliphatic heterocycles. The molecule has 0 bridgehead atoms. The van der Waals surface area contributed by atoms with Gasteiger partial charge in [0.2, 0.25) is 0 Å². The lowest BCUT2D eigenvalue weighted by Crippen LogP contribution is -1.86. The van der Waals surface area contributed by atoms with Crippen LogP contribution in [0.2, 0.25) is 0 Å². The van der Waals surface area contributed by atoms with Gasteiger partial charge in [-0.15, -0.1) is 0 Å². The number of benzene rings is 2. The molecular weight excluding hydrogens is 248 g/mol. The molecule has 0 fully saturated rings. The molecule has 0 atom stereocenters. The molecule has 0 aromatic heterocycles. The third kappa shape index (κ3) is 4.16. The Hall–Kier alpha value is -2.22. The summed E-state index contributed by atoms with van der Waals surface area (Å²) in [4.78, 5) is 0. The van der Waals surface area contributed by atoms with Crippen molar-refractivity contribution in [3.8, 4) is 11.5 Å². The van der Waals surface area contributed by atoms with Crippen LogP contribution < -0.4 is 9.47 Å². The van der Waals surface area contributed by atoms with Crippen molar-refractivity contribution in [2.45, 2.75) is 12.8 Å². The molecule has 0 heterocycles. The summed E-state index contributed by atoms with van der Waals surface area (Å²) < 4.78 is 10.3. The zero-order valence-electron chi connectivity index (χ0n) is 12.0. The smallest absolute Gasteiger partial charge is 0.118 e. The highest BCUT2D eigenvalue weighted by Gasteiger charge is 1.93. The van der Waals surface area contributed by atoms with Crippen molar-refractivity contribution in [3.05, 3.63) is 71.8 Å². The van der Waals surface area contributed by atoms with Gasteiger partial charge in [0.25, 0.3) is 0 Å². The van der Waals surface area contributed by atoms with E-state index in [1.807, 2.05) is 24.3 Å². The summed E-state index contributed by atoms with van der Waals surface area (Å²) in [6.45, 7) is 0. The van der Waals surface area contributed by atoms with Crippen molar-refractivity contribution >= 4 is 0 Å². The normalized spacial score (nSPS) is 10.7. The molecule has 0 radical (unpaired) electrons. The molecule has 104 valence electrons. The van der Waals surface area contributed by atoms with Gasteiger partial charge in [0.15, 0.2) is 0 Å². The van der Waals surface area contributed by atoms with E-state index in [0.29, 0.717) is 0 Å². The average Bonchev–Trinajstić information content (AvgIpc) is 2.53. The molecule has 2 aromatic rings.